The molecule has 1 aliphatic heterocycles. The first-order chi connectivity index (χ1) is 10.4. The minimum absolute atomic E-state index is 0.0217. The lowest BCUT2D eigenvalue weighted by Crippen LogP contribution is -2.34. The highest BCUT2D eigenvalue weighted by atomic mass is 16.2. The van der Waals surface area contributed by atoms with E-state index in [1.807, 2.05) is 31.7 Å². The van der Waals surface area contributed by atoms with Crippen LogP contribution in [0.5, 0.6) is 0 Å². The molecule has 118 valence electrons. The molecule has 22 heavy (non-hydrogen) atoms. The van der Waals surface area contributed by atoms with Crippen molar-refractivity contribution in [2.24, 2.45) is 11.7 Å². The van der Waals surface area contributed by atoms with Crippen molar-refractivity contribution in [3.05, 3.63) is 28.7 Å². The summed E-state index contributed by atoms with van der Waals surface area (Å²) in [6, 6.07) is 2.18. The lowest BCUT2D eigenvalue weighted by atomic mass is 10.1. The smallest absolute Gasteiger partial charge is 0.259 e. The van der Waals surface area contributed by atoms with Gasteiger partial charge in [0, 0.05) is 24.0 Å². The Morgan fingerprint density at radius 1 is 1.41 bits per heavy atom. The molecule has 1 fully saturated rings. The molecule has 3 rings (SSSR count). The normalized spacial score (nSPS) is 21.8. The van der Waals surface area contributed by atoms with Gasteiger partial charge >= 0.3 is 0 Å². The maximum absolute atomic E-state index is 13.0. The number of nitrogens with two attached hydrogens (primary N) is 1. The highest BCUT2D eigenvalue weighted by molar-refractivity contribution is 6.01. The van der Waals surface area contributed by atoms with Crippen molar-refractivity contribution in [3.63, 3.8) is 0 Å². The van der Waals surface area contributed by atoms with Gasteiger partial charge < -0.3 is 10.6 Å². The Labute approximate surface area is 130 Å². The van der Waals surface area contributed by atoms with Crippen LogP contribution >= 0.6 is 0 Å². The van der Waals surface area contributed by atoms with E-state index >= 15 is 0 Å². The Balaban J connectivity index is 2.06. The van der Waals surface area contributed by atoms with Gasteiger partial charge in [-0.2, -0.15) is 5.10 Å². The molecule has 2 unspecified atom stereocenters. The zero-order chi connectivity index (χ0) is 16.0. The molecule has 1 saturated heterocycles. The summed E-state index contributed by atoms with van der Waals surface area (Å²) in [5.41, 5.74) is 9.66. The van der Waals surface area contributed by atoms with Crippen LogP contribution in [-0.2, 0) is 0 Å². The number of aryl methyl sites for hydroxylation is 3. The Kier molecular flexibility index (Phi) is 3.64. The fourth-order valence-corrected chi connectivity index (χ4v) is 3.42. The lowest BCUT2D eigenvalue weighted by Gasteiger charge is -2.21. The Morgan fingerprint density at radius 3 is 2.77 bits per heavy atom. The number of carbonyl (C=O) groups is 1. The number of fused-ring (bicyclic) bond motifs is 1. The Hall–Kier alpha value is -1.95. The monoisotopic (exact) mass is 301 g/mol. The van der Waals surface area contributed by atoms with E-state index in [0.29, 0.717) is 23.7 Å². The summed E-state index contributed by atoms with van der Waals surface area (Å²) in [5, 5.41) is 4.49. The highest BCUT2D eigenvalue weighted by Crippen LogP contribution is 2.26. The van der Waals surface area contributed by atoms with Crippen molar-refractivity contribution in [1.29, 1.82) is 0 Å². The SMILES string of the molecule is Cc1cc(C)n2nc(C)c(C(=O)N3CC(CN)CC3C)c2n1. The number of amides is 1. The summed E-state index contributed by atoms with van der Waals surface area (Å²) in [4.78, 5) is 19.5. The lowest BCUT2D eigenvalue weighted by molar-refractivity contribution is 0.0744. The van der Waals surface area contributed by atoms with Crippen LogP contribution in [0.4, 0.5) is 0 Å². The van der Waals surface area contributed by atoms with Crippen LogP contribution in [0.15, 0.2) is 6.07 Å². The molecular formula is C16H23N5O. The minimum Gasteiger partial charge on any atom is -0.335 e. The molecule has 2 atom stereocenters. The second-order valence-corrected chi connectivity index (χ2v) is 6.38. The molecule has 0 bridgehead atoms. The van der Waals surface area contributed by atoms with Gasteiger partial charge in [0.1, 0.15) is 5.56 Å². The first kappa shape index (κ1) is 15.0. The molecule has 0 aromatic carbocycles. The van der Waals surface area contributed by atoms with Crippen molar-refractivity contribution in [3.8, 4) is 0 Å². The highest BCUT2D eigenvalue weighted by Gasteiger charge is 2.34. The van der Waals surface area contributed by atoms with Crippen LogP contribution in [0.1, 0.15) is 40.8 Å². The van der Waals surface area contributed by atoms with Crippen LogP contribution in [0, 0.1) is 26.7 Å². The van der Waals surface area contributed by atoms with Crippen LogP contribution in [0.2, 0.25) is 0 Å². The summed E-state index contributed by atoms with van der Waals surface area (Å²) in [6.45, 7) is 9.21. The van der Waals surface area contributed by atoms with Crippen molar-refractivity contribution >= 4 is 11.6 Å². The molecule has 2 N–H and O–H groups in total. The Bertz CT molecular complexity index is 736. The van der Waals surface area contributed by atoms with Gasteiger partial charge in [0.05, 0.1) is 5.69 Å². The Morgan fingerprint density at radius 2 is 2.14 bits per heavy atom. The molecule has 6 nitrogen and oxygen atoms in total. The molecule has 6 heteroatoms. The van der Waals surface area contributed by atoms with E-state index in [2.05, 4.69) is 17.0 Å². The molecule has 0 radical (unpaired) electrons. The average molecular weight is 301 g/mol. The zero-order valence-electron chi connectivity index (χ0n) is 13.6. The zero-order valence-corrected chi connectivity index (χ0v) is 13.6. The number of nitrogens with zero attached hydrogens (tertiary/aromatic N) is 4. The number of aromatic nitrogens is 3. The second kappa shape index (κ2) is 5.35. The van der Waals surface area contributed by atoms with Crippen LogP contribution < -0.4 is 5.73 Å². The van der Waals surface area contributed by atoms with E-state index in [4.69, 9.17) is 5.73 Å². The van der Waals surface area contributed by atoms with Crippen LogP contribution in [0.3, 0.4) is 0 Å². The van der Waals surface area contributed by atoms with E-state index in [-0.39, 0.29) is 11.9 Å². The quantitative estimate of drug-likeness (QED) is 0.911. The fraction of sp³-hybridized carbons (Fsp3) is 0.562. The van der Waals surface area contributed by atoms with Gasteiger partial charge in [-0.25, -0.2) is 9.50 Å². The maximum atomic E-state index is 13.0. The standard InChI is InChI=1S/C16H23N5O/c1-9-5-11(3)21-15(18-9)14(12(4)19-21)16(22)20-8-13(7-17)6-10(20)2/h5,10,13H,6-8,17H2,1-4H3. The predicted molar refractivity (Wildman–Crippen MR) is 84.9 cm³/mol. The molecule has 0 saturated carbocycles. The number of carbonyl (C=O) groups excluding carboxylic acids is 1. The van der Waals surface area contributed by atoms with Crippen LogP contribution in [0.25, 0.3) is 5.65 Å². The van der Waals surface area contributed by atoms with E-state index in [9.17, 15) is 4.79 Å². The molecule has 1 amide bonds. The van der Waals surface area contributed by atoms with Crippen molar-refractivity contribution < 1.29 is 4.79 Å². The van der Waals surface area contributed by atoms with E-state index in [0.717, 1.165) is 30.0 Å². The van der Waals surface area contributed by atoms with Gasteiger partial charge in [-0.3, -0.25) is 4.79 Å². The van der Waals surface area contributed by atoms with Crippen molar-refractivity contribution in [1.82, 2.24) is 19.5 Å². The predicted octanol–water partition coefficient (Wildman–Crippen LogP) is 1.46. The fourth-order valence-electron chi connectivity index (χ4n) is 3.42. The van der Waals surface area contributed by atoms with E-state index in [1.165, 1.54) is 0 Å². The molecule has 0 aliphatic carbocycles. The van der Waals surface area contributed by atoms with Gasteiger partial charge in [-0.1, -0.05) is 0 Å². The third kappa shape index (κ3) is 2.27. The maximum Gasteiger partial charge on any atom is 0.259 e. The molecule has 2 aromatic rings. The molecule has 1 aliphatic rings. The first-order valence-electron chi connectivity index (χ1n) is 7.77. The largest absolute Gasteiger partial charge is 0.335 e. The summed E-state index contributed by atoms with van der Waals surface area (Å²) in [5.74, 6) is 0.408. The van der Waals surface area contributed by atoms with Gasteiger partial charge in [-0.05, 0) is 52.6 Å². The molecule has 3 heterocycles. The van der Waals surface area contributed by atoms with E-state index < -0.39 is 0 Å². The van der Waals surface area contributed by atoms with Crippen molar-refractivity contribution in [2.75, 3.05) is 13.1 Å². The molecular weight excluding hydrogens is 278 g/mol. The topological polar surface area (TPSA) is 76.5 Å². The summed E-state index contributed by atoms with van der Waals surface area (Å²) in [7, 11) is 0. The summed E-state index contributed by atoms with van der Waals surface area (Å²) in [6.07, 6.45) is 0.964. The van der Waals surface area contributed by atoms with Gasteiger partial charge in [0.25, 0.3) is 5.91 Å². The van der Waals surface area contributed by atoms with Gasteiger partial charge in [0.2, 0.25) is 0 Å². The number of likely N-dealkylation sites (tertiary alicyclic amines) is 1. The third-order valence-electron chi connectivity index (χ3n) is 4.54. The van der Waals surface area contributed by atoms with E-state index in [1.54, 1.807) is 4.52 Å². The number of hydrogen-bond donors (Lipinski definition) is 1. The summed E-state index contributed by atoms with van der Waals surface area (Å²) < 4.78 is 1.76. The number of hydrogen-bond acceptors (Lipinski definition) is 4. The third-order valence-corrected chi connectivity index (χ3v) is 4.54. The minimum atomic E-state index is 0.0217. The van der Waals surface area contributed by atoms with Gasteiger partial charge in [-0.15, -0.1) is 0 Å². The molecule has 2 aromatic heterocycles. The first-order valence-corrected chi connectivity index (χ1v) is 7.77. The summed E-state index contributed by atoms with van der Waals surface area (Å²) >= 11 is 0. The van der Waals surface area contributed by atoms with Gasteiger partial charge in [0.15, 0.2) is 5.65 Å². The second-order valence-electron chi connectivity index (χ2n) is 6.38. The van der Waals surface area contributed by atoms with Crippen molar-refractivity contribution in [2.45, 2.75) is 40.2 Å². The average Bonchev–Trinajstić information content (AvgIpc) is 2.98. The van der Waals surface area contributed by atoms with Crippen LogP contribution in [-0.4, -0.2) is 44.5 Å². The molecule has 0 spiro atoms. The number of rotatable bonds is 2.